The summed E-state index contributed by atoms with van der Waals surface area (Å²) in [4.78, 5) is 19.5. The normalized spacial score (nSPS) is 13.6. The number of aliphatic hydroxyl groups excluding tert-OH is 1. The van der Waals surface area contributed by atoms with E-state index in [9.17, 15) is 14.3 Å². The standard InChI is InChI=1S/C18H18FN3O2/c1-2-14(17(23)12-5-3-4-6-13(12)19)22-18(24)11-7-8-15-16(9-11)21-10-20-15/h3-10,14,17,23H,2H2,1H3,(H,20,21)(H,22,24)/t14-,17+/m1/s1. The lowest BCUT2D eigenvalue weighted by molar-refractivity contribution is 0.0819. The maximum absolute atomic E-state index is 13.9. The van der Waals surface area contributed by atoms with Gasteiger partial charge in [0.25, 0.3) is 5.91 Å². The van der Waals surface area contributed by atoms with Crippen LogP contribution in [0, 0.1) is 5.82 Å². The van der Waals surface area contributed by atoms with Crippen LogP contribution in [0.4, 0.5) is 4.39 Å². The zero-order valence-corrected chi connectivity index (χ0v) is 13.2. The van der Waals surface area contributed by atoms with E-state index < -0.39 is 18.0 Å². The molecule has 124 valence electrons. The number of hydrogen-bond donors (Lipinski definition) is 3. The molecule has 0 aliphatic heterocycles. The van der Waals surface area contributed by atoms with Crippen molar-refractivity contribution in [1.29, 1.82) is 0 Å². The molecule has 6 heteroatoms. The van der Waals surface area contributed by atoms with E-state index in [0.717, 1.165) is 11.0 Å². The molecule has 0 saturated heterocycles. The highest BCUT2D eigenvalue weighted by atomic mass is 19.1. The molecule has 1 heterocycles. The summed E-state index contributed by atoms with van der Waals surface area (Å²) in [7, 11) is 0. The summed E-state index contributed by atoms with van der Waals surface area (Å²) in [6, 6.07) is 10.5. The minimum absolute atomic E-state index is 0.175. The molecule has 24 heavy (non-hydrogen) atoms. The third-order valence-electron chi connectivity index (χ3n) is 4.04. The second kappa shape index (κ2) is 6.80. The molecule has 2 atom stereocenters. The number of nitrogens with zero attached hydrogens (tertiary/aromatic N) is 1. The number of carbonyl (C=O) groups is 1. The largest absolute Gasteiger partial charge is 0.386 e. The molecule has 5 nitrogen and oxygen atoms in total. The van der Waals surface area contributed by atoms with E-state index in [1.54, 1.807) is 36.7 Å². The van der Waals surface area contributed by atoms with Crippen LogP contribution in [0.15, 0.2) is 48.8 Å². The summed E-state index contributed by atoms with van der Waals surface area (Å²) in [6.07, 6.45) is 0.910. The van der Waals surface area contributed by atoms with Crippen LogP contribution >= 0.6 is 0 Å². The first-order valence-electron chi connectivity index (χ1n) is 7.76. The van der Waals surface area contributed by atoms with Gasteiger partial charge in [0.05, 0.1) is 23.4 Å². The van der Waals surface area contributed by atoms with Gasteiger partial charge < -0.3 is 15.4 Å². The smallest absolute Gasteiger partial charge is 0.251 e. The van der Waals surface area contributed by atoms with Gasteiger partial charge in [0, 0.05) is 11.1 Å². The fourth-order valence-electron chi connectivity index (χ4n) is 2.66. The Morgan fingerprint density at radius 2 is 2.12 bits per heavy atom. The molecule has 3 aromatic rings. The monoisotopic (exact) mass is 327 g/mol. The third kappa shape index (κ3) is 3.14. The third-order valence-corrected chi connectivity index (χ3v) is 4.04. The zero-order chi connectivity index (χ0) is 17.1. The Bertz CT molecular complexity index is 862. The number of fused-ring (bicyclic) bond motifs is 1. The fourth-order valence-corrected chi connectivity index (χ4v) is 2.66. The summed E-state index contributed by atoms with van der Waals surface area (Å²) in [5, 5.41) is 13.2. The average molecular weight is 327 g/mol. The van der Waals surface area contributed by atoms with Crippen molar-refractivity contribution in [1.82, 2.24) is 15.3 Å². The van der Waals surface area contributed by atoms with Crippen LogP contribution in [0.3, 0.4) is 0 Å². The maximum Gasteiger partial charge on any atom is 0.251 e. The second-order valence-corrected chi connectivity index (χ2v) is 5.59. The van der Waals surface area contributed by atoms with Crippen molar-refractivity contribution in [2.45, 2.75) is 25.5 Å². The number of aromatic nitrogens is 2. The van der Waals surface area contributed by atoms with Crippen LogP contribution in [0.1, 0.15) is 35.4 Å². The van der Waals surface area contributed by atoms with Gasteiger partial charge in [-0.05, 0) is 30.7 Å². The Labute approximate surface area is 138 Å². The van der Waals surface area contributed by atoms with Crippen LogP contribution in [0.5, 0.6) is 0 Å². The number of benzene rings is 2. The summed E-state index contributed by atoms with van der Waals surface area (Å²) >= 11 is 0. The molecule has 0 aliphatic rings. The van der Waals surface area contributed by atoms with E-state index >= 15 is 0 Å². The van der Waals surface area contributed by atoms with Gasteiger partial charge in [0.1, 0.15) is 11.9 Å². The van der Waals surface area contributed by atoms with Gasteiger partial charge in [-0.25, -0.2) is 9.37 Å². The highest BCUT2D eigenvalue weighted by Crippen LogP contribution is 2.22. The number of rotatable bonds is 5. The molecule has 0 unspecified atom stereocenters. The van der Waals surface area contributed by atoms with E-state index in [1.807, 2.05) is 6.92 Å². The summed E-state index contributed by atoms with van der Waals surface area (Å²) < 4.78 is 13.9. The number of aromatic amines is 1. The lowest BCUT2D eigenvalue weighted by Gasteiger charge is -2.23. The first kappa shape index (κ1) is 16.1. The van der Waals surface area contributed by atoms with Crippen molar-refractivity contribution in [2.24, 2.45) is 0 Å². The Hall–Kier alpha value is -2.73. The highest BCUT2D eigenvalue weighted by Gasteiger charge is 2.24. The van der Waals surface area contributed by atoms with Crippen molar-refractivity contribution >= 4 is 16.9 Å². The Balaban J connectivity index is 1.79. The van der Waals surface area contributed by atoms with Gasteiger partial charge in [0.2, 0.25) is 0 Å². The molecule has 0 spiro atoms. The number of imidazole rings is 1. The molecule has 1 amide bonds. The summed E-state index contributed by atoms with van der Waals surface area (Å²) in [5.74, 6) is -0.815. The molecule has 1 aromatic heterocycles. The lowest BCUT2D eigenvalue weighted by atomic mass is 9.99. The number of H-pyrrole nitrogens is 1. The van der Waals surface area contributed by atoms with Crippen molar-refractivity contribution in [3.63, 3.8) is 0 Å². The molecule has 0 aliphatic carbocycles. The number of hydrogen-bond acceptors (Lipinski definition) is 3. The van der Waals surface area contributed by atoms with Crippen LogP contribution < -0.4 is 5.32 Å². The molecule has 3 N–H and O–H groups in total. The van der Waals surface area contributed by atoms with Crippen molar-refractivity contribution in [3.8, 4) is 0 Å². The number of aliphatic hydroxyl groups is 1. The lowest BCUT2D eigenvalue weighted by Crippen LogP contribution is -2.39. The SMILES string of the molecule is CC[C@@H](NC(=O)c1ccc2nc[nH]c2c1)[C@@H](O)c1ccccc1F. The molecule has 2 aromatic carbocycles. The van der Waals surface area contributed by atoms with Crippen LogP contribution in [-0.2, 0) is 0 Å². The Morgan fingerprint density at radius 1 is 1.33 bits per heavy atom. The molecular formula is C18H18FN3O2. The van der Waals surface area contributed by atoms with E-state index in [4.69, 9.17) is 0 Å². The Morgan fingerprint density at radius 3 is 2.88 bits per heavy atom. The van der Waals surface area contributed by atoms with Crippen LogP contribution in [0.25, 0.3) is 11.0 Å². The van der Waals surface area contributed by atoms with Crippen LogP contribution in [0.2, 0.25) is 0 Å². The Kier molecular flexibility index (Phi) is 4.57. The number of halogens is 1. The van der Waals surface area contributed by atoms with E-state index in [0.29, 0.717) is 12.0 Å². The predicted molar refractivity (Wildman–Crippen MR) is 89.0 cm³/mol. The van der Waals surface area contributed by atoms with Crippen LogP contribution in [-0.4, -0.2) is 27.0 Å². The molecule has 0 radical (unpaired) electrons. The van der Waals surface area contributed by atoms with E-state index in [-0.39, 0.29) is 11.5 Å². The van der Waals surface area contributed by atoms with Gasteiger partial charge in [-0.3, -0.25) is 4.79 Å². The number of carbonyl (C=O) groups excluding carboxylic acids is 1. The quantitative estimate of drug-likeness (QED) is 0.674. The van der Waals surface area contributed by atoms with E-state index in [2.05, 4.69) is 15.3 Å². The fraction of sp³-hybridized carbons (Fsp3) is 0.222. The van der Waals surface area contributed by atoms with Gasteiger partial charge >= 0.3 is 0 Å². The second-order valence-electron chi connectivity index (χ2n) is 5.59. The van der Waals surface area contributed by atoms with Crippen molar-refractivity contribution in [3.05, 3.63) is 65.7 Å². The first-order valence-corrected chi connectivity index (χ1v) is 7.76. The minimum Gasteiger partial charge on any atom is -0.386 e. The first-order chi connectivity index (χ1) is 11.6. The molecule has 3 rings (SSSR count). The number of amides is 1. The van der Waals surface area contributed by atoms with Gasteiger partial charge in [-0.2, -0.15) is 0 Å². The molecule has 0 fully saturated rings. The van der Waals surface area contributed by atoms with Gasteiger partial charge in [-0.15, -0.1) is 0 Å². The summed E-state index contributed by atoms with van der Waals surface area (Å²) in [5.41, 5.74) is 2.15. The van der Waals surface area contributed by atoms with Crippen molar-refractivity contribution in [2.75, 3.05) is 0 Å². The topological polar surface area (TPSA) is 78.0 Å². The van der Waals surface area contributed by atoms with Gasteiger partial charge in [0.15, 0.2) is 0 Å². The summed E-state index contributed by atoms with van der Waals surface area (Å²) in [6.45, 7) is 1.83. The average Bonchev–Trinajstić information content (AvgIpc) is 3.07. The number of nitrogens with one attached hydrogen (secondary N) is 2. The van der Waals surface area contributed by atoms with Crippen molar-refractivity contribution < 1.29 is 14.3 Å². The molecule has 0 saturated carbocycles. The minimum atomic E-state index is -1.11. The van der Waals surface area contributed by atoms with Gasteiger partial charge in [-0.1, -0.05) is 25.1 Å². The maximum atomic E-state index is 13.9. The van der Waals surface area contributed by atoms with E-state index in [1.165, 1.54) is 12.1 Å². The molecule has 0 bridgehead atoms. The zero-order valence-electron chi connectivity index (χ0n) is 13.2. The molecular weight excluding hydrogens is 309 g/mol. The predicted octanol–water partition coefficient (Wildman–Crippen LogP) is 2.94. The highest BCUT2D eigenvalue weighted by molar-refractivity contribution is 5.97.